The van der Waals surface area contributed by atoms with E-state index in [1.165, 1.54) is 11.1 Å². The van der Waals surface area contributed by atoms with Crippen molar-refractivity contribution in [2.75, 3.05) is 13.7 Å². The van der Waals surface area contributed by atoms with Crippen LogP contribution in [0.2, 0.25) is 0 Å². The Kier molecular flexibility index (Phi) is 4.71. The molecule has 4 nitrogen and oxygen atoms in total. The van der Waals surface area contributed by atoms with Crippen molar-refractivity contribution in [1.82, 2.24) is 14.9 Å². The predicted molar refractivity (Wildman–Crippen MR) is 89.1 cm³/mol. The van der Waals surface area contributed by atoms with E-state index >= 15 is 0 Å². The number of para-hydroxylation sites is 2. The van der Waals surface area contributed by atoms with Gasteiger partial charge in [-0.05, 0) is 42.8 Å². The van der Waals surface area contributed by atoms with Gasteiger partial charge in [0.1, 0.15) is 5.75 Å². The first kappa shape index (κ1) is 14.6. The first-order valence-electron chi connectivity index (χ1n) is 7.60. The Labute approximate surface area is 130 Å². The van der Waals surface area contributed by atoms with Gasteiger partial charge in [0, 0.05) is 13.1 Å². The van der Waals surface area contributed by atoms with Crippen LogP contribution in [0.25, 0.3) is 11.0 Å². The van der Waals surface area contributed by atoms with E-state index in [0.29, 0.717) is 0 Å². The quantitative estimate of drug-likeness (QED) is 0.680. The zero-order valence-electron chi connectivity index (χ0n) is 12.8. The van der Waals surface area contributed by atoms with E-state index in [2.05, 4.69) is 39.1 Å². The molecule has 0 bridgehead atoms. The van der Waals surface area contributed by atoms with Crippen LogP contribution in [0, 0.1) is 0 Å². The summed E-state index contributed by atoms with van der Waals surface area (Å²) in [5.41, 5.74) is 3.51. The van der Waals surface area contributed by atoms with Crippen LogP contribution in [0.5, 0.6) is 5.75 Å². The highest BCUT2D eigenvalue weighted by atomic mass is 16.5. The number of nitrogens with one attached hydrogen (secondary N) is 1. The second-order valence-electron chi connectivity index (χ2n) is 5.31. The lowest BCUT2D eigenvalue weighted by Gasteiger charge is -2.07. The SMILES string of the molecule is COc1cccc(CNCCCn2cnc3ccccc32)c1. The number of imidazole rings is 1. The van der Waals surface area contributed by atoms with Crippen LogP contribution in [0.15, 0.2) is 54.9 Å². The molecule has 0 fully saturated rings. The molecule has 3 aromatic rings. The highest BCUT2D eigenvalue weighted by Crippen LogP contribution is 2.13. The molecule has 0 unspecified atom stereocenters. The van der Waals surface area contributed by atoms with Gasteiger partial charge in [-0.3, -0.25) is 0 Å². The maximum Gasteiger partial charge on any atom is 0.119 e. The van der Waals surface area contributed by atoms with Gasteiger partial charge in [0.25, 0.3) is 0 Å². The van der Waals surface area contributed by atoms with Crippen LogP contribution in [0.4, 0.5) is 0 Å². The topological polar surface area (TPSA) is 39.1 Å². The van der Waals surface area contributed by atoms with Gasteiger partial charge in [0.2, 0.25) is 0 Å². The summed E-state index contributed by atoms with van der Waals surface area (Å²) in [5, 5.41) is 3.47. The Hall–Kier alpha value is -2.33. The van der Waals surface area contributed by atoms with Crippen molar-refractivity contribution in [3.63, 3.8) is 0 Å². The summed E-state index contributed by atoms with van der Waals surface area (Å²) in [5.74, 6) is 0.907. The Balaban J connectivity index is 1.45. The minimum Gasteiger partial charge on any atom is -0.497 e. The molecule has 2 aromatic carbocycles. The Bertz CT molecular complexity index is 736. The van der Waals surface area contributed by atoms with Crippen molar-refractivity contribution in [3.05, 3.63) is 60.4 Å². The molecule has 0 atom stereocenters. The van der Waals surface area contributed by atoms with Crippen molar-refractivity contribution in [3.8, 4) is 5.75 Å². The molecule has 0 saturated carbocycles. The summed E-state index contributed by atoms with van der Waals surface area (Å²) in [4.78, 5) is 4.41. The maximum absolute atomic E-state index is 5.23. The van der Waals surface area contributed by atoms with Crippen molar-refractivity contribution >= 4 is 11.0 Å². The third-order valence-electron chi connectivity index (χ3n) is 3.74. The van der Waals surface area contributed by atoms with Crippen molar-refractivity contribution in [2.45, 2.75) is 19.5 Å². The summed E-state index contributed by atoms with van der Waals surface area (Å²) in [6, 6.07) is 16.4. The van der Waals surface area contributed by atoms with Crippen LogP contribution in [0.1, 0.15) is 12.0 Å². The molecule has 1 N–H and O–H groups in total. The van der Waals surface area contributed by atoms with Crippen molar-refractivity contribution in [2.24, 2.45) is 0 Å². The fraction of sp³-hybridized carbons (Fsp3) is 0.278. The average molecular weight is 295 g/mol. The molecule has 0 aliphatic carbocycles. The maximum atomic E-state index is 5.23. The second-order valence-corrected chi connectivity index (χ2v) is 5.31. The molecule has 1 aromatic heterocycles. The number of aryl methyl sites for hydroxylation is 1. The summed E-state index contributed by atoms with van der Waals surface area (Å²) >= 11 is 0. The summed E-state index contributed by atoms with van der Waals surface area (Å²) < 4.78 is 7.44. The third kappa shape index (κ3) is 3.46. The molecular formula is C18H21N3O. The largest absolute Gasteiger partial charge is 0.497 e. The lowest BCUT2D eigenvalue weighted by Crippen LogP contribution is -2.16. The molecule has 0 spiro atoms. The van der Waals surface area contributed by atoms with Crippen LogP contribution >= 0.6 is 0 Å². The number of nitrogens with zero attached hydrogens (tertiary/aromatic N) is 2. The van der Waals surface area contributed by atoms with E-state index in [9.17, 15) is 0 Å². The van der Waals surface area contributed by atoms with E-state index < -0.39 is 0 Å². The molecule has 1 heterocycles. The number of hydrogen-bond acceptors (Lipinski definition) is 3. The molecule has 4 heteroatoms. The van der Waals surface area contributed by atoms with Gasteiger partial charge in [-0.15, -0.1) is 0 Å². The normalized spacial score (nSPS) is 11.0. The van der Waals surface area contributed by atoms with Crippen LogP contribution in [0.3, 0.4) is 0 Å². The molecule has 114 valence electrons. The third-order valence-corrected chi connectivity index (χ3v) is 3.74. The summed E-state index contributed by atoms with van der Waals surface area (Å²) in [6.07, 6.45) is 3.00. The van der Waals surface area contributed by atoms with E-state index in [4.69, 9.17) is 4.74 Å². The number of methoxy groups -OCH3 is 1. The zero-order chi connectivity index (χ0) is 15.2. The van der Waals surface area contributed by atoms with Crippen molar-refractivity contribution in [1.29, 1.82) is 0 Å². The van der Waals surface area contributed by atoms with E-state index in [0.717, 1.165) is 37.3 Å². The fourth-order valence-electron chi connectivity index (χ4n) is 2.58. The Morgan fingerprint density at radius 2 is 2.05 bits per heavy atom. The minimum atomic E-state index is 0.863. The van der Waals surface area contributed by atoms with Crippen molar-refractivity contribution < 1.29 is 4.74 Å². The van der Waals surface area contributed by atoms with Gasteiger partial charge in [-0.1, -0.05) is 24.3 Å². The number of benzene rings is 2. The molecular weight excluding hydrogens is 274 g/mol. The number of aromatic nitrogens is 2. The van der Waals surface area contributed by atoms with Crippen LogP contribution < -0.4 is 10.1 Å². The lowest BCUT2D eigenvalue weighted by molar-refractivity contribution is 0.414. The first-order chi connectivity index (χ1) is 10.9. The van der Waals surface area contributed by atoms with Crippen LogP contribution in [-0.4, -0.2) is 23.2 Å². The lowest BCUT2D eigenvalue weighted by atomic mass is 10.2. The van der Waals surface area contributed by atoms with Gasteiger partial charge >= 0.3 is 0 Å². The Morgan fingerprint density at radius 3 is 2.95 bits per heavy atom. The van der Waals surface area contributed by atoms with E-state index in [1.54, 1.807) is 7.11 Å². The van der Waals surface area contributed by atoms with Gasteiger partial charge in [0.05, 0.1) is 24.5 Å². The van der Waals surface area contributed by atoms with E-state index in [1.807, 2.05) is 30.6 Å². The van der Waals surface area contributed by atoms with Gasteiger partial charge in [-0.25, -0.2) is 4.98 Å². The van der Waals surface area contributed by atoms with Gasteiger partial charge < -0.3 is 14.6 Å². The second kappa shape index (κ2) is 7.09. The van der Waals surface area contributed by atoms with Gasteiger partial charge in [0.15, 0.2) is 0 Å². The standard InChI is InChI=1S/C18H21N3O/c1-22-16-7-4-6-15(12-16)13-19-10-5-11-21-14-20-17-8-2-3-9-18(17)21/h2-4,6-9,12,14,19H,5,10-11,13H2,1H3. The average Bonchev–Trinajstić information content (AvgIpc) is 2.98. The number of hydrogen-bond donors (Lipinski definition) is 1. The summed E-state index contributed by atoms with van der Waals surface area (Å²) in [7, 11) is 1.70. The molecule has 3 rings (SSSR count). The highest BCUT2D eigenvalue weighted by Gasteiger charge is 2.01. The minimum absolute atomic E-state index is 0.863. The monoisotopic (exact) mass is 295 g/mol. The molecule has 0 aliphatic heterocycles. The Morgan fingerprint density at radius 1 is 1.14 bits per heavy atom. The number of rotatable bonds is 7. The molecule has 22 heavy (non-hydrogen) atoms. The number of ether oxygens (including phenoxy) is 1. The molecule has 0 amide bonds. The smallest absolute Gasteiger partial charge is 0.119 e. The fourth-order valence-corrected chi connectivity index (χ4v) is 2.58. The first-order valence-corrected chi connectivity index (χ1v) is 7.60. The van der Waals surface area contributed by atoms with Gasteiger partial charge in [-0.2, -0.15) is 0 Å². The molecule has 0 saturated heterocycles. The molecule has 0 radical (unpaired) electrons. The molecule has 0 aliphatic rings. The van der Waals surface area contributed by atoms with Crippen LogP contribution in [-0.2, 0) is 13.1 Å². The number of fused-ring (bicyclic) bond motifs is 1. The predicted octanol–water partition coefficient (Wildman–Crippen LogP) is 3.22. The highest BCUT2D eigenvalue weighted by molar-refractivity contribution is 5.74. The van der Waals surface area contributed by atoms with E-state index in [-0.39, 0.29) is 0 Å². The summed E-state index contributed by atoms with van der Waals surface area (Å²) in [6.45, 7) is 2.82. The zero-order valence-corrected chi connectivity index (χ0v) is 12.8.